The minimum Gasteiger partial charge on any atom is -0.343 e. The number of hydrogen-bond donors (Lipinski definition) is 2. The van der Waals surface area contributed by atoms with E-state index in [0.717, 1.165) is 6.54 Å². The minimum atomic E-state index is -3.15. The van der Waals surface area contributed by atoms with E-state index in [-0.39, 0.29) is 18.0 Å². The van der Waals surface area contributed by atoms with Crippen LogP contribution < -0.4 is 10.0 Å². The molecule has 0 radical (unpaired) electrons. The smallest absolute Gasteiger partial charge is 0.224 e. The van der Waals surface area contributed by atoms with Gasteiger partial charge in [0.2, 0.25) is 15.9 Å². The molecule has 1 atom stereocenters. The van der Waals surface area contributed by atoms with Gasteiger partial charge in [-0.2, -0.15) is 0 Å². The number of piperidine rings is 1. The van der Waals surface area contributed by atoms with E-state index in [4.69, 9.17) is 0 Å². The molecule has 1 rings (SSSR count). The van der Waals surface area contributed by atoms with Gasteiger partial charge in [-0.05, 0) is 26.3 Å². The Kier molecular flexibility index (Phi) is 6.22. The van der Waals surface area contributed by atoms with Gasteiger partial charge in [0, 0.05) is 31.6 Å². The van der Waals surface area contributed by atoms with Crippen LogP contribution in [0.2, 0.25) is 0 Å². The van der Waals surface area contributed by atoms with E-state index in [1.807, 2.05) is 18.7 Å². The van der Waals surface area contributed by atoms with Gasteiger partial charge in [-0.15, -0.1) is 0 Å². The molecule has 19 heavy (non-hydrogen) atoms. The maximum absolute atomic E-state index is 12.0. The van der Waals surface area contributed by atoms with Gasteiger partial charge in [0.1, 0.15) is 0 Å². The molecule has 112 valence electrons. The quantitative estimate of drug-likeness (QED) is 0.717. The third-order valence-corrected chi connectivity index (χ3v) is 4.02. The predicted octanol–water partition coefficient (Wildman–Crippen LogP) is -0.0853. The van der Waals surface area contributed by atoms with Crippen LogP contribution in [0, 0.1) is 0 Å². The lowest BCUT2D eigenvalue weighted by molar-refractivity contribution is -0.132. The number of rotatable bonds is 6. The minimum absolute atomic E-state index is 0.0368. The van der Waals surface area contributed by atoms with Crippen LogP contribution >= 0.6 is 0 Å². The Morgan fingerprint density at radius 2 is 1.95 bits per heavy atom. The summed E-state index contributed by atoms with van der Waals surface area (Å²) in [6.07, 6.45) is 3.05. The summed E-state index contributed by atoms with van der Waals surface area (Å²) < 4.78 is 24.9. The average Bonchev–Trinajstić information content (AvgIpc) is 2.27. The lowest BCUT2D eigenvalue weighted by Crippen LogP contribution is -2.47. The van der Waals surface area contributed by atoms with Crippen LogP contribution in [0.5, 0.6) is 0 Å². The molecule has 1 aliphatic heterocycles. The molecular weight excluding hydrogens is 266 g/mol. The Labute approximate surface area is 116 Å². The highest BCUT2D eigenvalue weighted by Crippen LogP contribution is 2.12. The Morgan fingerprint density at radius 1 is 1.37 bits per heavy atom. The number of hydrogen-bond acceptors (Lipinski definition) is 4. The summed E-state index contributed by atoms with van der Waals surface area (Å²) in [6, 6.07) is 0.148. The van der Waals surface area contributed by atoms with Crippen molar-refractivity contribution in [3.8, 4) is 0 Å². The molecule has 0 aromatic rings. The number of carbonyl (C=O) groups is 1. The van der Waals surface area contributed by atoms with Crippen LogP contribution in [0.1, 0.15) is 33.1 Å². The first-order chi connectivity index (χ1) is 8.81. The topological polar surface area (TPSA) is 78.5 Å². The van der Waals surface area contributed by atoms with Gasteiger partial charge in [-0.1, -0.05) is 6.92 Å². The fourth-order valence-electron chi connectivity index (χ4n) is 2.36. The Hall–Kier alpha value is -0.660. The van der Waals surface area contributed by atoms with Crippen molar-refractivity contribution in [2.24, 2.45) is 0 Å². The summed E-state index contributed by atoms with van der Waals surface area (Å²) in [7, 11) is -3.15. The van der Waals surface area contributed by atoms with Crippen molar-refractivity contribution in [1.82, 2.24) is 14.9 Å². The molecule has 0 spiro atoms. The van der Waals surface area contributed by atoms with Crippen molar-refractivity contribution in [2.75, 3.05) is 25.9 Å². The fourth-order valence-corrected chi connectivity index (χ4v) is 3.20. The molecule has 1 unspecified atom stereocenters. The van der Waals surface area contributed by atoms with Crippen molar-refractivity contribution >= 4 is 15.9 Å². The number of likely N-dealkylation sites (tertiary alicyclic amines) is 1. The Bertz CT molecular complexity index is 389. The monoisotopic (exact) mass is 291 g/mol. The molecule has 0 aromatic heterocycles. The normalized spacial score (nSPS) is 19.4. The molecule has 1 aliphatic rings. The van der Waals surface area contributed by atoms with E-state index in [0.29, 0.717) is 32.4 Å². The van der Waals surface area contributed by atoms with Gasteiger partial charge in [0.05, 0.1) is 6.26 Å². The van der Waals surface area contributed by atoms with Gasteiger partial charge < -0.3 is 10.2 Å². The molecule has 0 aromatic carbocycles. The van der Waals surface area contributed by atoms with Gasteiger partial charge in [0.15, 0.2) is 0 Å². The summed E-state index contributed by atoms with van der Waals surface area (Å²) in [5.41, 5.74) is 0. The van der Waals surface area contributed by atoms with E-state index in [9.17, 15) is 13.2 Å². The van der Waals surface area contributed by atoms with Gasteiger partial charge in [-0.25, -0.2) is 13.1 Å². The first-order valence-corrected chi connectivity index (χ1v) is 8.69. The molecule has 1 saturated heterocycles. The summed E-state index contributed by atoms with van der Waals surface area (Å²) in [6.45, 7) is 6.13. The Balaban J connectivity index is 2.35. The highest BCUT2D eigenvalue weighted by Gasteiger charge is 2.24. The third kappa shape index (κ3) is 6.35. The van der Waals surface area contributed by atoms with Crippen LogP contribution in [0.25, 0.3) is 0 Å². The second kappa shape index (κ2) is 7.21. The number of amides is 1. The van der Waals surface area contributed by atoms with Gasteiger partial charge in [0.25, 0.3) is 0 Å². The first kappa shape index (κ1) is 16.4. The molecular formula is C12H25N3O3S. The second-order valence-electron chi connectivity index (χ2n) is 5.21. The molecule has 7 heteroatoms. The van der Waals surface area contributed by atoms with E-state index in [2.05, 4.69) is 10.0 Å². The van der Waals surface area contributed by atoms with Crippen molar-refractivity contribution in [3.63, 3.8) is 0 Å². The van der Waals surface area contributed by atoms with Crippen LogP contribution in [0.4, 0.5) is 0 Å². The summed E-state index contributed by atoms with van der Waals surface area (Å²) in [5.74, 6) is 0.145. The summed E-state index contributed by atoms with van der Waals surface area (Å²) in [5, 5.41) is 3.22. The van der Waals surface area contributed by atoms with Crippen LogP contribution in [-0.4, -0.2) is 57.2 Å². The van der Waals surface area contributed by atoms with E-state index in [1.165, 1.54) is 6.26 Å². The predicted molar refractivity (Wildman–Crippen MR) is 75.3 cm³/mol. The SMILES string of the molecule is CCNC(C)CC(=O)N1CCC(NS(C)(=O)=O)CC1. The van der Waals surface area contributed by atoms with E-state index < -0.39 is 10.0 Å². The molecule has 1 fully saturated rings. The van der Waals surface area contributed by atoms with Crippen molar-refractivity contribution < 1.29 is 13.2 Å². The highest BCUT2D eigenvalue weighted by molar-refractivity contribution is 7.88. The van der Waals surface area contributed by atoms with Crippen LogP contribution in [-0.2, 0) is 14.8 Å². The van der Waals surface area contributed by atoms with Gasteiger partial charge >= 0.3 is 0 Å². The third-order valence-electron chi connectivity index (χ3n) is 3.26. The molecule has 1 heterocycles. The first-order valence-electron chi connectivity index (χ1n) is 6.80. The Morgan fingerprint density at radius 3 is 2.42 bits per heavy atom. The standard InChI is InChI=1S/C12H25N3O3S/c1-4-13-10(2)9-12(16)15-7-5-11(6-8-15)14-19(3,17)18/h10-11,13-14H,4-9H2,1-3H3. The van der Waals surface area contributed by atoms with Crippen LogP contribution in [0.15, 0.2) is 0 Å². The second-order valence-corrected chi connectivity index (χ2v) is 6.99. The number of sulfonamides is 1. The zero-order valence-corrected chi connectivity index (χ0v) is 12.8. The molecule has 2 N–H and O–H groups in total. The van der Waals surface area contributed by atoms with Gasteiger partial charge in [-0.3, -0.25) is 4.79 Å². The lowest BCUT2D eigenvalue weighted by Gasteiger charge is -2.32. The summed E-state index contributed by atoms with van der Waals surface area (Å²) in [4.78, 5) is 13.9. The number of carbonyl (C=O) groups excluding carboxylic acids is 1. The van der Waals surface area contributed by atoms with Crippen molar-refractivity contribution in [3.05, 3.63) is 0 Å². The van der Waals surface area contributed by atoms with E-state index >= 15 is 0 Å². The molecule has 0 aliphatic carbocycles. The zero-order chi connectivity index (χ0) is 14.5. The maximum atomic E-state index is 12.0. The average molecular weight is 291 g/mol. The van der Waals surface area contributed by atoms with Crippen LogP contribution in [0.3, 0.4) is 0 Å². The molecule has 0 saturated carbocycles. The summed E-state index contributed by atoms with van der Waals surface area (Å²) >= 11 is 0. The molecule has 1 amide bonds. The fraction of sp³-hybridized carbons (Fsp3) is 0.917. The highest BCUT2D eigenvalue weighted by atomic mass is 32.2. The maximum Gasteiger partial charge on any atom is 0.224 e. The number of nitrogens with one attached hydrogen (secondary N) is 2. The van der Waals surface area contributed by atoms with Crippen molar-refractivity contribution in [2.45, 2.75) is 45.2 Å². The molecule has 0 bridgehead atoms. The lowest BCUT2D eigenvalue weighted by atomic mass is 10.1. The number of nitrogens with zero attached hydrogens (tertiary/aromatic N) is 1. The van der Waals surface area contributed by atoms with Crippen molar-refractivity contribution in [1.29, 1.82) is 0 Å². The van der Waals surface area contributed by atoms with E-state index in [1.54, 1.807) is 0 Å². The molecule has 6 nitrogen and oxygen atoms in total. The zero-order valence-electron chi connectivity index (χ0n) is 12.0. The largest absolute Gasteiger partial charge is 0.343 e.